The third kappa shape index (κ3) is 4.91. The molecule has 0 saturated carbocycles. The quantitative estimate of drug-likeness (QED) is 0.408. The molecule has 7 heteroatoms. The fourth-order valence-corrected chi connectivity index (χ4v) is 4.09. The van der Waals surface area contributed by atoms with Crippen LogP contribution in [0, 0.1) is 0 Å². The predicted octanol–water partition coefficient (Wildman–Crippen LogP) is 5.22. The van der Waals surface area contributed by atoms with Crippen LogP contribution in [0.4, 0.5) is 0 Å². The van der Waals surface area contributed by atoms with E-state index in [2.05, 4.69) is 9.97 Å². The lowest BCUT2D eigenvalue weighted by atomic mass is 10.2. The first kappa shape index (κ1) is 19.4. The number of thiazole rings is 1. The highest BCUT2D eigenvalue weighted by Crippen LogP contribution is 2.30. The second kappa shape index (κ2) is 9.03. The molecular formula is C22H18ClN3O2S. The fourth-order valence-electron chi connectivity index (χ4n) is 2.95. The Morgan fingerprint density at radius 2 is 2.00 bits per heavy atom. The van der Waals surface area contributed by atoms with Crippen LogP contribution in [0.1, 0.15) is 17.0 Å². The summed E-state index contributed by atoms with van der Waals surface area (Å²) in [4.78, 5) is 23.6. The Kier molecular flexibility index (Phi) is 6.03. The third-order valence-electron chi connectivity index (χ3n) is 4.36. The Morgan fingerprint density at radius 1 is 1.10 bits per heavy atom. The number of carbonyl (C=O) groups excluding carboxylic acids is 1. The molecule has 0 atom stereocenters. The monoisotopic (exact) mass is 423 g/mol. The molecule has 4 aromatic rings. The average Bonchev–Trinajstić information content (AvgIpc) is 3.41. The molecule has 0 unspecified atom stereocenters. The maximum atomic E-state index is 13.1. The summed E-state index contributed by atoms with van der Waals surface area (Å²) in [5, 5.41) is 3.37. The molecule has 0 aliphatic carbocycles. The van der Waals surface area contributed by atoms with Crippen LogP contribution in [0.3, 0.4) is 0 Å². The molecule has 1 amide bonds. The van der Waals surface area contributed by atoms with Gasteiger partial charge in [-0.1, -0.05) is 35.9 Å². The number of rotatable bonds is 7. The van der Waals surface area contributed by atoms with Crippen molar-refractivity contribution in [3.05, 3.63) is 94.6 Å². The van der Waals surface area contributed by atoms with E-state index in [-0.39, 0.29) is 12.3 Å². The predicted molar refractivity (Wildman–Crippen MR) is 113 cm³/mol. The number of halogens is 1. The maximum absolute atomic E-state index is 13.1. The lowest BCUT2D eigenvalue weighted by Gasteiger charge is -2.21. The van der Waals surface area contributed by atoms with E-state index in [0.29, 0.717) is 18.1 Å². The number of amides is 1. The van der Waals surface area contributed by atoms with Gasteiger partial charge in [-0.15, -0.1) is 11.3 Å². The van der Waals surface area contributed by atoms with Gasteiger partial charge in [0.1, 0.15) is 10.8 Å². The molecule has 0 fully saturated rings. The van der Waals surface area contributed by atoms with Gasteiger partial charge in [-0.3, -0.25) is 9.78 Å². The van der Waals surface area contributed by atoms with Crippen LogP contribution >= 0.6 is 22.9 Å². The summed E-state index contributed by atoms with van der Waals surface area (Å²) < 4.78 is 5.44. The zero-order valence-corrected chi connectivity index (χ0v) is 17.1. The molecule has 0 bridgehead atoms. The van der Waals surface area contributed by atoms with Gasteiger partial charge in [-0.25, -0.2) is 4.98 Å². The summed E-state index contributed by atoms with van der Waals surface area (Å²) in [5.74, 6) is 0.707. The van der Waals surface area contributed by atoms with Crippen molar-refractivity contribution in [1.82, 2.24) is 14.9 Å². The van der Waals surface area contributed by atoms with Crippen molar-refractivity contribution in [2.45, 2.75) is 19.5 Å². The minimum atomic E-state index is -0.0266. The molecule has 146 valence electrons. The van der Waals surface area contributed by atoms with Crippen LogP contribution in [0.25, 0.3) is 10.6 Å². The molecule has 4 rings (SSSR count). The summed E-state index contributed by atoms with van der Waals surface area (Å²) in [6, 6.07) is 15.1. The summed E-state index contributed by atoms with van der Waals surface area (Å²) in [5.41, 5.74) is 2.56. The van der Waals surface area contributed by atoms with Gasteiger partial charge < -0.3 is 9.32 Å². The SMILES string of the molecule is O=C(Cc1csc(-c2ccccc2Cl)n1)N(Cc1cccnc1)Cc1ccco1. The van der Waals surface area contributed by atoms with Gasteiger partial charge in [0.05, 0.1) is 29.9 Å². The Morgan fingerprint density at radius 3 is 2.76 bits per heavy atom. The van der Waals surface area contributed by atoms with Crippen LogP contribution in [0.5, 0.6) is 0 Å². The molecule has 3 aromatic heterocycles. The van der Waals surface area contributed by atoms with E-state index in [0.717, 1.165) is 27.6 Å². The van der Waals surface area contributed by atoms with Gasteiger partial charge in [0.15, 0.2) is 0 Å². The fraction of sp³-hybridized carbons (Fsp3) is 0.136. The van der Waals surface area contributed by atoms with Crippen LogP contribution in [-0.2, 0) is 24.3 Å². The molecule has 29 heavy (non-hydrogen) atoms. The van der Waals surface area contributed by atoms with Gasteiger partial charge in [0.2, 0.25) is 5.91 Å². The summed E-state index contributed by atoms with van der Waals surface area (Å²) in [7, 11) is 0. The number of furan rings is 1. The van der Waals surface area contributed by atoms with E-state index >= 15 is 0 Å². The Labute approximate surface area is 177 Å². The molecule has 3 heterocycles. The molecule has 0 radical (unpaired) electrons. The molecule has 5 nitrogen and oxygen atoms in total. The first-order valence-electron chi connectivity index (χ1n) is 9.07. The highest BCUT2D eigenvalue weighted by atomic mass is 35.5. The van der Waals surface area contributed by atoms with Crippen molar-refractivity contribution >= 4 is 28.8 Å². The van der Waals surface area contributed by atoms with Crippen molar-refractivity contribution in [1.29, 1.82) is 0 Å². The molecular weight excluding hydrogens is 406 g/mol. The molecule has 0 aliphatic heterocycles. The van der Waals surface area contributed by atoms with E-state index in [1.165, 1.54) is 11.3 Å². The number of benzene rings is 1. The highest BCUT2D eigenvalue weighted by Gasteiger charge is 2.18. The largest absolute Gasteiger partial charge is 0.467 e. The Bertz CT molecular complexity index is 1080. The van der Waals surface area contributed by atoms with E-state index in [1.54, 1.807) is 23.6 Å². The first-order valence-corrected chi connectivity index (χ1v) is 10.3. The number of hydrogen-bond donors (Lipinski definition) is 0. The summed E-state index contributed by atoms with van der Waals surface area (Å²) >= 11 is 7.75. The molecule has 1 aromatic carbocycles. The molecule has 0 spiro atoms. The number of hydrogen-bond acceptors (Lipinski definition) is 5. The zero-order valence-electron chi connectivity index (χ0n) is 15.5. The second-order valence-corrected chi connectivity index (χ2v) is 7.76. The normalized spacial score (nSPS) is 10.8. The first-order chi connectivity index (χ1) is 14.2. The summed E-state index contributed by atoms with van der Waals surface area (Å²) in [6.45, 7) is 0.844. The van der Waals surface area contributed by atoms with Gasteiger partial charge in [0, 0.05) is 29.9 Å². The Hall–Kier alpha value is -2.96. The van der Waals surface area contributed by atoms with E-state index in [1.807, 2.05) is 53.9 Å². The standard InChI is InChI=1S/C22H18ClN3O2S/c23-20-8-2-1-7-19(20)22-25-17(15-29-22)11-21(27)26(14-18-6-4-10-28-18)13-16-5-3-9-24-12-16/h1-10,12,15H,11,13-14H2. The lowest BCUT2D eigenvalue weighted by Crippen LogP contribution is -2.31. The van der Waals surface area contributed by atoms with Crippen molar-refractivity contribution < 1.29 is 9.21 Å². The number of nitrogens with zero attached hydrogens (tertiary/aromatic N) is 3. The Balaban J connectivity index is 1.51. The maximum Gasteiger partial charge on any atom is 0.229 e. The van der Waals surface area contributed by atoms with Crippen molar-refractivity contribution in [3.63, 3.8) is 0 Å². The average molecular weight is 424 g/mol. The second-order valence-electron chi connectivity index (χ2n) is 6.49. The topological polar surface area (TPSA) is 59.2 Å². The van der Waals surface area contributed by atoms with Crippen molar-refractivity contribution in [2.24, 2.45) is 0 Å². The lowest BCUT2D eigenvalue weighted by molar-refractivity contribution is -0.132. The minimum Gasteiger partial charge on any atom is -0.467 e. The van der Waals surface area contributed by atoms with Gasteiger partial charge in [0.25, 0.3) is 0 Å². The highest BCUT2D eigenvalue weighted by molar-refractivity contribution is 7.13. The molecule has 0 N–H and O–H groups in total. The smallest absolute Gasteiger partial charge is 0.229 e. The minimum absolute atomic E-state index is 0.0266. The van der Waals surface area contributed by atoms with Crippen molar-refractivity contribution in [2.75, 3.05) is 0 Å². The number of pyridine rings is 1. The zero-order chi connectivity index (χ0) is 20.1. The number of aromatic nitrogens is 2. The van der Waals surface area contributed by atoms with Crippen molar-refractivity contribution in [3.8, 4) is 10.6 Å². The molecule has 0 aliphatic rings. The van der Waals surface area contributed by atoms with Gasteiger partial charge >= 0.3 is 0 Å². The van der Waals surface area contributed by atoms with Crippen LogP contribution < -0.4 is 0 Å². The van der Waals surface area contributed by atoms with E-state index in [4.69, 9.17) is 16.0 Å². The van der Waals surface area contributed by atoms with E-state index in [9.17, 15) is 4.79 Å². The van der Waals surface area contributed by atoms with Crippen LogP contribution in [0.15, 0.2) is 77.0 Å². The van der Waals surface area contributed by atoms with Gasteiger partial charge in [-0.05, 0) is 29.8 Å². The van der Waals surface area contributed by atoms with Crippen LogP contribution in [0.2, 0.25) is 5.02 Å². The third-order valence-corrected chi connectivity index (χ3v) is 5.62. The van der Waals surface area contributed by atoms with Gasteiger partial charge in [-0.2, -0.15) is 0 Å². The number of carbonyl (C=O) groups is 1. The summed E-state index contributed by atoms with van der Waals surface area (Å²) in [6.07, 6.45) is 5.30. The molecule has 0 saturated heterocycles. The van der Waals surface area contributed by atoms with E-state index < -0.39 is 0 Å². The van der Waals surface area contributed by atoms with Crippen LogP contribution in [-0.4, -0.2) is 20.8 Å².